The summed E-state index contributed by atoms with van der Waals surface area (Å²) < 4.78 is 29.1. The first-order valence-corrected chi connectivity index (χ1v) is 13.9. The van der Waals surface area contributed by atoms with E-state index in [0.717, 1.165) is 14.3 Å². The number of halogens is 2. The van der Waals surface area contributed by atoms with Crippen molar-refractivity contribution in [3.63, 3.8) is 0 Å². The van der Waals surface area contributed by atoms with Gasteiger partial charge >= 0.3 is 0 Å². The number of carbonyl (C=O) groups is 2. The predicted molar refractivity (Wildman–Crippen MR) is 145 cm³/mol. The Morgan fingerprint density at radius 2 is 1.69 bits per heavy atom. The van der Waals surface area contributed by atoms with Crippen LogP contribution in [0.4, 0.5) is 5.69 Å². The van der Waals surface area contributed by atoms with Crippen molar-refractivity contribution in [2.24, 2.45) is 0 Å². The minimum atomic E-state index is -4.12. The highest BCUT2D eigenvalue weighted by atomic mass is 79.9. The average Bonchev–Trinajstić information content (AvgIpc) is 2.86. The highest BCUT2D eigenvalue weighted by Gasteiger charge is 2.32. The number of nitrogens with one attached hydrogen (secondary N) is 1. The van der Waals surface area contributed by atoms with Gasteiger partial charge in [0.05, 0.1) is 10.6 Å². The van der Waals surface area contributed by atoms with Gasteiger partial charge in [0.15, 0.2) is 0 Å². The van der Waals surface area contributed by atoms with Crippen LogP contribution in [0.1, 0.15) is 19.4 Å². The molecule has 0 aliphatic heterocycles. The number of hydrogen-bond donors (Lipinski definition) is 1. The molecule has 3 aromatic rings. The number of benzene rings is 3. The third kappa shape index (κ3) is 6.87. The van der Waals surface area contributed by atoms with Gasteiger partial charge in [0.25, 0.3) is 10.0 Å². The quantitative estimate of drug-likeness (QED) is 0.365. The van der Waals surface area contributed by atoms with Crippen molar-refractivity contribution in [2.75, 3.05) is 17.4 Å². The Morgan fingerprint density at radius 3 is 2.33 bits per heavy atom. The van der Waals surface area contributed by atoms with Gasteiger partial charge in [-0.25, -0.2) is 8.42 Å². The maximum atomic E-state index is 13.7. The second-order valence-corrected chi connectivity index (χ2v) is 11.2. The fourth-order valence-electron chi connectivity index (χ4n) is 3.62. The second-order valence-electron chi connectivity index (χ2n) is 8.03. The Balaban J connectivity index is 2.02. The molecule has 7 nitrogen and oxygen atoms in total. The molecule has 1 N–H and O–H groups in total. The topological polar surface area (TPSA) is 86.8 Å². The Kier molecular flexibility index (Phi) is 9.53. The van der Waals surface area contributed by atoms with Crippen LogP contribution in [0.25, 0.3) is 0 Å². The molecule has 10 heteroatoms. The Hall–Kier alpha value is -2.88. The van der Waals surface area contributed by atoms with Gasteiger partial charge in [-0.05, 0) is 61.9 Å². The number of rotatable bonds is 10. The lowest BCUT2D eigenvalue weighted by Gasteiger charge is -2.32. The zero-order valence-corrected chi connectivity index (χ0v) is 23.1. The van der Waals surface area contributed by atoms with Gasteiger partial charge < -0.3 is 10.2 Å². The Bertz CT molecular complexity index is 1320. The summed E-state index contributed by atoms with van der Waals surface area (Å²) in [5, 5.41) is 3.06. The third-order valence-electron chi connectivity index (χ3n) is 5.47. The lowest BCUT2D eigenvalue weighted by molar-refractivity contribution is -0.139. The fraction of sp³-hybridized carbons (Fsp3) is 0.231. The number of likely N-dealkylation sites (N-methyl/N-ethyl adjacent to an activating group) is 1. The van der Waals surface area contributed by atoms with Gasteiger partial charge in [-0.15, -0.1) is 0 Å². The van der Waals surface area contributed by atoms with Gasteiger partial charge in [-0.2, -0.15) is 0 Å². The predicted octanol–water partition coefficient (Wildman–Crippen LogP) is 4.85. The smallest absolute Gasteiger partial charge is 0.264 e. The number of nitrogens with zero attached hydrogens (tertiary/aromatic N) is 2. The van der Waals surface area contributed by atoms with E-state index in [9.17, 15) is 18.0 Å². The van der Waals surface area contributed by atoms with E-state index in [1.54, 1.807) is 50.2 Å². The fourth-order valence-corrected chi connectivity index (χ4v) is 5.67. The van der Waals surface area contributed by atoms with Crippen molar-refractivity contribution < 1.29 is 18.0 Å². The van der Waals surface area contributed by atoms with E-state index in [-0.39, 0.29) is 23.0 Å². The summed E-state index contributed by atoms with van der Waals surface area (Å²) in [7, 11) is -4.12. The van der Waals surface area contributed by atoms with Crippen LogP contribution in [0, 0.1) is 0 Å². The maximum Gasteiger partial charge on any atom is 0.264 e. The van der Waals surface area contributed by atoms with E-state index in [1.165, 1.54) is 23.1 Å². The number of hydrogen-bond acceptors (Lipinski definition) is 4. The second kappa shape index (κ2) is 12.4. The van der Waals surface area contributed by atoms with Crippen LogP contribution in [-0.2, 0) is 26.2 Å². The highest BCUT2D eigenvalue weighted by Crippen LogP contribution is 2.27. The van der Waals surface area contributed by atoms with Crippen LogP contribution in [0.2, 0.25) is 5.02 Å². The number of amides is 2. The molecule has 190 valence electrons. The summed E-state index contributed by atoms with van der Waals surface area (Å²) in [4.78, 5) is 27.8. The van der Waals surface area contributed by atoms with Crippen molar-refractivity contribution >= 4 is 55.1 Å². The maximum absolute atomic E-state index is 13.7. The van der Waals surface area contributed by atoms with E-state index in [2.05, 4.69) is 21.2 Å². The normalized spacial score (nSPS) is 12.0. The monoisotopic (exact) mass is 591 g/mol. The van der Waals surface area contributed by atoms with Crippen molar-refractivity contribution in [3.8, 4) is 0 Å². The molecule has 2 amide bonds. The van der Waals surface area contributed by atoms with E-state index < -0.39 is 28.5 Å². The molecule has 0 spiro atoms. The van der Waals surface area contributed by atoms with Crippen LogP contribution in [0.15, 0.2) is 88.2 Å². The molecule has 0 aliphatic rings. The molecule has 0 aliphatic carbocycles. The number of anilines is 1. The summed E-state index contributed by atoms with van der Waals surface area (Å²) >= 11 is 9.59. The molecule has 0 bridgehead atoms. The molecule has 0 radical (unpaired) electrons. The van der Waals surface area contributed by atoms with Crippen LogP contribution in [0.3, 0.4) is 0 Å². The molecule has 0 fully saturated rings. The molecular formula is C26H27BrClN3O4S. The van der Waals surface area contributed by atoms with Crippen LogP contribution in [0.5, 0.6) is 0 Å². The summed E-state index contributed by atoms with van der Waals surface area (Å²) in [6.07, 6.45) is 0. The number of carbonyl (C=O) groups excluding carboxylic acids is 2. The molecule has 0 saturated carbocycles. The zero-order valence-electron chi connectivity index (χ0n) is 19.9. The Morgan fingerprint density at radius 1 is 1.00 bits per heavy atom. The van der Waals surface area contributed by atoms with Crippen molar-refractivity contribution in [1.29, 1.82) is 0 Å². The standard InChI is InChI=1S/C26H27BrClN3O4S/c1-3-29-26(33)19(2)30(17-20-9-7-10-21(27)15-20)25(32)18-31(23-12-8-11-22(28)16-23)36(34,35)24-13-5-4-6-14-24/h4-16,19H,3,17-18H2,1-2H3,(H,29,33)/t19-/m1/s1. The van der Waals surface area contributed by atoms with Gasteiger partial charge in [0, 0.05) is 22.6 Å². The zero-order chi connectivity index (χ0) is 26.3. The van der Waals surface area contributed by atoms with Crippen LogP contribution in [-0.4, -0.2) is 44.3 Å². The molecule has 1 atom stereocenters. The lowest BCUT2D eigenvalue weighted by atomic mass is 10.1. The molecule has 0 heterocycles. The van der Waals surface area contributed by atoms with E-state index >= 15 is 0 Å². The minimum Gasteiger partial charge on any atom is -0.355 e. The molecule has 3 rings (SSSR count). The van der Waals surface area contributed by atoms with Gasteiger partial charge in [-0.3, -0.25) is 13.9 Å². The first-order chi connectivity index (χ1) is 17.1. The van der Waals surface area contributed by atoms with Crippen molar-refractivity contribution in [2.45, 2.75) is 31.3 Å². The summed E-state index contributed by atoms with van der Waals surface area (Å²) in [5.74, 6) is -0.866. The molecule has 0 unspecified atom stereocenters. The molecular weight excluding hydrogens is 566 g/mol. The van der Waals surface area contributed by atoms with Crippen LogP contribution >= 0.6 is 27.5 Å². The van der Waals surface area contributed by atoms with Crippen molar-refractivity contribution in [1.82, 2.24) is 10.2 Å². The SMILES string of the molecule is CCNC(=O)[C@@H](C)N(Cc1cccc(Br)c1)C(=O)CN(c1cccc(Cl)c1)S(=O)(=O)c1ccccc1. The minimum absolute atomic E-state index is 0.0353. The first kappa shape index (κ1) is 27.7. The summed E-state index contributed by atoms with van der Waals surface area (Å²) in [6.45, 7) is 3.41. The average molecular weight is 593 g/mol. The number of sulfonamides is 1. The summed E-state index contributed by atoms with van der Waals surface area (Å²) in [5.41, 5.74) is 1.03. The largest absolute Gasteiger partial charge is 0.355 e. The highest BCUT2D eigenvalue weighted by molar-refractivity contribution is 9.10. The first-order valence-electron chi connectivity index (χ1n) is 11.3. The molecule has 36 heavy (non-hydrogen) atoms. The van der Waals surface area contributed by atoms with Crippen molar-refractivity contribution in [3.05, 3.63) is 93.9 Å². The van der Waals surface area contributed by atoms with Gasteiger partial charge in [0.2, 0.25) is 11.8 Å². The van der Waals surface area contributed by atoms with E-state index in [4.69, 9.17) is 11.6 Å². The van der Waals surface area contributed by atoms with Gasteiger partial charge in [0.1, 0.15) is 12.6 Å². The van der Waals surface area contributed by atoms with Crippen LogP contribution < -0.4 is 9.62 Å². The lowest BCUT2D eigenvalue weighted by Crippen LogP contribution is -2.51. The summed E-state index contributed by atoms with van der Waals surface area (Å²) in [6, 6.07) is 20.7. The van der Waals surface area contributed by atoms with E-state index in [0.29, 0.717) is 11.6 Å². The molecule has 0 saturated heterocycles. The third-order valence-corrected chi connectivity index (χ3v) is 7.98. The molecule has 3 aromatic carbocycles. The van der Waals surface area contributed by atoms with Gasteiger partial charge in [-0.1, -0.05) is 63.9 Å². The van der Waals surface area contributed by atoms with E-state index in [1.807, 2.05) is 24.3 Å². The Labute approximate surface area is 225 Å². The molecule has 0 aromatic heterocycles.